The summed E-state index contributed by atoms with van der Waals surface area (Å²) in [7, 11) is 0. The number of amidine groups is 1. The highest BCUT2D eigenvalue weighted by molar-refractivity contribution is 5.84. The van der Waals surface area contributed by atoms with Gasteiger partial charge in [-0.2, -0.15) is 0 Å². The molecule has 0 aromatic carbocycles. The van der Waals surface area contributed by atoms with Gasteiger partial charge in [-0.3, -0.25) is 4.99 Å². The first-order chi connectivity index (χ1) is 6.21. The van der Waals surface area contributed by atoms with E-state index in [0.29, 0.717) is 0 Å². The molecule has 0 aliphatic carbocycles. The average molecular weight is 182 g/mol. The Morgan fingerprint density at radius 3 is 2.15 bits per heavy atom. The van der Waals surface area contributed by atoms with Crippen molar-refractivity contribution < 1.29 is 0 Å². The number of aliphatic imine (C=N–C) groups is 1. The van der Waals surface area contributed by atoms with E-state index in [0.717, 1.165) is 19.5 Å². The Morgan fingerprint density at radius 1 is 1.23 bits per heavy atom. The van der Waals surface area contributed by atoms with Gasteiger partial charge in [0.1, 0.15) is 0 Å². The first-order valence-electron chi connectivity index (χ1n) is 5.55. The Kier molecular flexibility index (Phi) is 3.34. The van der Waals surface area contributed by atoms with Crippen LogP contribution in [0.25, 0.3) is 0 Å². The third-order valence-corrected chi connectivity index (χ3v) is 3.23. The van der Waals surface area contributed by atoms with Crippen LogP contribution in [0.1, 0.15) is 47.0 Å². The van der Waals surface area contributed by atoms with Gasteiger partial charge in [0.2, 0.25) is 0 Å². The van der Waals surface area contributed by atoms with E-state index in [-0.39, 0.29) is 5.54 Å². The predicted octanol–water partition coefficient (Wildman–Crippen LogP) is 2.69. The Bertz CT molecular complexity index is 192. The summed E-state index contributed by atoms with van der Waals surface area (Å²) in [5.41, 5.74) is 0.237. The SMILES string of the molecule is CCC1=NC(CC)(CC)CN1CC. The largest absolute Gasteiger partial charge is 0.358 e. The summed E-state index contributed by atoms with van der Waals surface area (Å²) in [5.74, 6) is 1.31. The topological polar surface area (TPSA) is 15.6 Å². The molecule has 1 heterocycles. The van der Waals surface area contributed by atoms with E-state index in [1.807, 2.05) is 0 Å². The Morgan fingerprint density at radius 2 is 1.85 bits per heavy atom. The Balaban J connectivity index is 2.79. The third kappa shape index (κ3) is 1.87. The molecule has 1 rings (SSSR count). The molecular weight excluding hydrogens is 160 g/mol. The van der Waals surface area contributed by atoms with Gasteiger partial charge in [0.05, 0.1) is 11.4 Å². The normalized spacial score (nSPS) is 20.6. The minimum absolute atomic E-state index is 0.237. The first kappa shape index (κ1) is 10.6. The fourth-order valence-corrected chi connectivity index (χ4v) is 2.06. The fourth-order valence-electron chi connectivity index (χ4n) is 2.06. The monoisotopic (exact) mass is 182 g/mol. The number of hydrogen-bond acceptors (Lipinski definition) is 2. The van der Waals surface area contributed by atoms with Crippen LogP contribution in [0.15, 0.2) is 4.99 Å². The molecule has 0 saturated carbocycles. The van der Waals surface area contributed by atoms with E-state index in [2.05, 4.69) is 32.6 Å². The van der Waals surface area contributed by atoms with E-state index in [4.69, 9.17) is 4.99 Å². The van der Waals surface area contributed by atoms with Gasteiger partial charge in [-0.05, 0) is 19.8 Å². The zero-order chi connectivity index (χ0) is 9.90. The third-order valence-electron chi connectivity index (χ3n) is 3.23. The molecule has 1 aliphatic heterocycles. The molecule has 76 valence electrons. The highest BCUT2D eigenvalue weighted by Crippen LogP contribution is 2.28. The number of hydrogen-bond donors (Lipinski definition) is 0. The van der Waals surface area contributed by atoms with Crippen molar-refractivity contribution in [2.24, 2.45) is 4.99 Å². The lowest BCUT2D eigenvalue weighted by Gasteiger charge is -2.25. The summed E-state index contributed by atoms with van der Waals surface area (Å²) in [6.45, 7) is 11.2. The van der Waals surface area contributed by atoms with Crippen LogP contribution >= 0.6 is 0 Å². The molecule has 0 amide bonds. The van der Waals surface area contributed by atoms with Crippen LogP contribution < -0.4 is 0 Å². The van der Waals surface area contributed by atoms with Crippen molar-refractivity contribution in [3.05, 3.63) is 0 Å². The number of rotatable bonds is 4. The van der Waals surface area contributed by atoms with E-state index in [1.165, 1.54) is 18.7 Å². The van der Waals surface area contributed by atoms with Gasteiger partial charge in [0, 0.05) is 19.5 Å². The molecule has 0 atom stereocenters. The maximum absolute atomic E-state index is 4.87. The van der Waals surface area contributed by atoms with Crippen molar-refractivity contribution in [1.82, 2.24) is 4.90 Å². The molecule has 0 fully saturated rings. The second-order valence-electron chi connectivity index (χ2n) is 3.83. The first-order valence-corrected chi connectivity index (χ1v) is 5.55. The van der Waals surface area contributed by atoms with Crippen LogP contribution in [0.3, 0.4) is 0 Å². The van der Waals surface area contributed by atoms with Crippen LogP contribution in [0.4, 0.5) is 0 Å². The van der Waals surface area contributed by atoms with Gasteiger partial charge < -0.3 is 4.90 Å². The quantitative estimate of drug-likeness (QED) is 0.652. The van der Waals surface area contributed by atoms with Crippen molar-refractivity contribution in [2.75, 3.05) is 13.1 Å². The smallest absolute Gasteiger partial charge is 0.0994 e. The van der Waals surface area contributed by atoms with Crippen molar-refractivity contribution in [2.45, 2.75) is 52.5 Å². The molecule has 0 radical (unpaired) electrons. The molecule has 13 heavy (non-hydrogen) atoms. The van der Waals surface area contributed by atoms with E-state index >= 15 is 0 Å². The fraction of sp³-hybridized carbons (Fsp3) is 0.909. The van der Waals surface area contributed by atoms with Crippen LogP contribution in [0.2, 0.25) is 0 Å². The van der Waals surface area contributed by atoms with Crippen LogP contribution in [-0.4, -0.2) is 29.4 Å². The molecule has 0 unspecified atom stereocenters. The predicted molar refractivity (Wildman–Crippen MR) is 58.3 cm³/mol. The van der Waals surface area contributed by atoms with Crippen LogP contribution in [0, 0.1) is 0 Å². The highest BCUT2D eigenvalue weighted by Gasteiger charge is 2.34. The van der Waals surface area contributed by atoms with E-state index in [1.54, 1.807) is 0 Å². The zero-order valence-corrected chi connectivity index (χ0v) is 9.43. The Hall–Kier alpha value is -0.530. The lowest BCUT2D eigenvalue weighted by molar-refractivity contribution is 0.329. The lowest BCUT2D eigenvalue weighted by atomic mass is 9.94. The van der Waals surface area contributed by atoms with Gasteiger partial charge in [0.25, 0.3) is 0 Å². The Labute approximate surface area is 82.0 Å². The minimum atomic E-state index is 0.237. The summed E-state index contributed by atoms with van der Waals surface area (Å²) >= 11 is 0. The van der Waals surface area contributed by atoms with Gasteiger partial charge in [0.15, 0.2) is 0 Å². The molecule has 0 N–H and O–H groups in total. The van der Waals surface area contributed by atoms with Gasteiger partial charge in [-0.1, -0.05) is 20.8 Å². The molecule has 0 bridgehead atoms. The van der Waals surface area contributed by atoms with Crippen molar-refractivity contribution in [3.63, 3.8) is 0 Å². The van der Waals surface area contributed by atoms with E-state index in [9.17, 15) is 0 Å². The molecule has 0 aromatic heterocycles. The van der Waals surface area contributed by atoms with Gasteiger partial charge in [-0.15, -0.1) is 0 Å². The van der Waals surface area contributed by atoms with Crippen molar-refractivity contribution in [1.29, 1.82) is 0 Å². The zero-order valence-electron chi connectivity index (χ0n) is 9.43. The highest BCUT2D eigenvalue weighted by atomic mass is 15.3. The summed E-state index contributed by atoms with van der Waals surface area (Å²) < 4.78 is 0. The second kappa shape index (κ2) is 4.12. The minimum Gasteiger partial charge on any atom is -0.358 e. The summed E-state index contributed by atoms with van der Waals surface area (Å²) in [6, 6.07) is 0. The molecule has 0 aromatic rings. The van der Waals surface area contributed by atoms with Crippen molar-refractivity contribution >= 4 is 5.84 Å². The van der Waals surface area contributed by atoms with Gasteiger partial charge in [-0.25, -0.2) is 0 Å². The maximum Gasteiger partial charge on any atom is 0.0994 e. The molecule has 0 spiro atoms. The number of likely N-dealkylation sites (N-methyl/N-ethyl adjacent to an activating group) is 1. The molecule has 1 aliphatic rings. The van der Waals surface area contributed by atoms with Gasteiger partial charge >= 0.3 is 0 Å². The van der Waals surface area contributed by atoms with Crippen LogP contribution in [-0.2, 0) is 0 Å². The van der Waals surface area contributed by atoms with Crippen LogP contribution in [0.5, 0.6) is 0 Å². The maximum atomic E-state index is 4.87. The molecule has 2 heteroatoms. The summed E-state index contributed by atoms with van der Waals surface area (Å²) in [4.78, 5) is 7.29. The molecule has 2 nitrogen and oxygen atoms in total. The molecular formula is C11H22N2. The number of nitrogens with zero attached hydrogens (tertiary/aromatic N) is 2. The average Bonchev–Trinajstić information content (AvgIpc) is 2.57. The lowest BCUT2D eigenvalue weighted by Crippen LogP contribution is -2.34. The summed E-state index contributed by atoms with van der Waals surface area (Å²) in [5, 5.41) is 0. The molecule has 0 saturated heterocycles. The second-order valence-corrected chi connectivity index (χ2v) is 3.83. The van der Waals surface area contributed by atoms with E-state index < -0.39 is 0 Å². The standard InChI is InChI=1S/C11H22N2/c1-5-10-12-11(6-2,7-3)9-13(10)8-4/h5-9H2,1-4H3. The van der Waals surface area contributed by atoms with Crippen molar-refractivity contribution in [3.8, 4) is 0 Å². The summed E-state index contributed by atoms with van der Waals surface area (Å²) in [6.07, 6.45) is 3.42.